The maximum Gasteiger partial charge on any atom is 0.327 e. The van der Waals surface area contributed by atoms with E-state index in [9.17, 15) is 14.7 Å². The average molecular weight is 306 g/mol. The third-order valence-electron chi connectivity index (χ3n) is 4.08. The molecule has 1 fully saturated rings. The number of carbonyl (C=O) groups excluding carboxylic acids is 1. The third kappa shape index (κ3) is 2.91. The maximum absolute atomic E-state index is 12.7. The van der Waals surface area contributed by atoms with E-state index < -0.39 is 12.0 Å². The molecule has 112 valence electrons. The van der Waals surface area contributed by atoms with Crippen molar-refractivity contribution in [2.75, 3.05) is 18.1 Å². The van der Waals surface area contributed by atoms with E-state index in [2.05, 4.69) is 11.4 Å². The summed E-state index contributed by atoms with van der Waals surface area (Å²) in [5.41, 5.74) is 2.39. The Bertz CT molecular complexity index is 564. The van der Waals surface area contributed by atoms with Gasteiger partial charge in [-0.3, -0.25) is 4.79 Å². The van der Waals surface area contributed by atoms with E-state index in [-0.39, 0.29) is 11.9 Å². The monoisotopic (exact) mass is 306 g/mol. The molecule has 2 aliphatic rings. The van der Waals surface area contributed by atoms with Gasteiger partial charge in [-0.25, -0.2) is 4.79 Å². The first kappa shape index (κ1) is 14.4. The van der Waals surface area contributed by atoms with E-state index in [1.54, 1.807) is 11.8 Å². The van der Waals surface area contributed by atoms with E-state index in [1.165, 1.54) is 16.0 Å². The molecule has 1 unspecified atom stereocenters. The van der Waals surface area contributed by atoms with Crippen LogP contribution in [-0.2, 0) is 22.6 Å². The Morgan fingerprint density at radius 1 is 1.29 bits per heavy atom. The fourth-order valence-electron chi connectivity index (χ4n) is 2.90. The molecular weight excluding hydrogens is 288 g/mol. The second-order valence-corrected chi connectivity index (χ2v) is 6.52. The number of fused-ring (bicyclic) bond motifs is 1. The molecule has 0 aliphatic carbocycles. The lowest BCUT2D eigenvalue weighted by Crippen LogP contribution is -2.57. The second kappa shape index (κ2) is 6.07. The van der Waals surface area contributed by atoms with Crippen molar-refractivity contribution in [2.24, 2.45) is 0 Å². The zero-order valence-corrected chi connectivity index (χ0v) is 12.4. The molecule has 2 aliphatic heterocycles. The Morgan fingerprint density at radius 2 is 2.05 bits per heavy atom. The van der Waals surface area contributed by atoms with Gasteiger partial charge in [-0.15, -0.1) is 0 Å². The number of hydrogen-bond donors (Lipinski definition) is 2. The average Bonchev–Trinajstić information content (AvgIpc) is 2.53. The van der Waals surface area contributed by atoms with Crippen molar-refractivity contribution in [1.29, 1.82) is 0 Å². The van der Waals surface area contributed by atoms with Crippen LogP contribution in [0.2, 0.25) is 0 Å². The molecule has 2 atom stereocenters. The van der Waals surface area contributed by atoms with Gasteiger partial charge in [0, 0.05) is 24.6 Å². The van der Waals surface area contributed by atoms with E-state index in [0.29, 0.717) is 25.3 Å². The first-order chi connectivity index (χ1) is 10.2. The Kier molecular flexibility index (Phi) is 4.17. The molecule has 1 aromatic rings. The maximum atomic E-state index is 12.7. The topological polar surface area (TPSA) is 69.6 Å². The highest BCUT2D eigenvalue weighted by atomic mass is 32.2. The van der Waals surface area contributed by atoms with Gasteiger partial charge in [0.05, 0.1) is 6.04 Å². The summed E-state index contributed by atoms with van der Waals surface area (Å²) in [5.74, 6) is 0.285. The van der Waals surface area contributed by atoms with Crippen LogP contribution in [0.3, 0.4) is 0 Å². The number of carboxylic acids is 1. The molecule has 6 heteroatoms. The van der Waals surface area contributed by atoms with Gasteiger partial charge in [-0.2, -0.15) is 11.8 Å². The van der Waals surface area contributed by atoms with Gasteiger partial charge in [0.1, 0.15) is 6.04 Å². The summed E-state index contributed by atoms with van der Waals surface area (Å²) in [6.07, 6.45) is 0.630. The van der Waals surface area contributed by atoms with Crippen molar-refractivity contribution in [1.82, 2.24) is 10.2 Å². The van der Waals surface area contributed by atoms with Crippen LogP contribution in [0.5, 0.6) is 0 Å². The minimum Gasteiger partial charge on any atom is -0.480 e. The molecule has 0 aromatic heterocycles. The van der Waals surface area contributed by atoms with Crippen LogP contribution in [0.1, 0.15) is 11.1 Å². The molecule has 2 N–H and O–H groups in total. The first-order valence-electron chi connectivity index (χ1n) is 7.08. The third-order valence-corrected chi connectivity index (χ3v) is 5.10. The molecule has 1 amide bonds. The molecule has 21 heavy (non-hydrogen) atoms. The van der Waals surface area contributed by atoms with Crippen LogP contribution in [0, 0.1) is 0 Å². The van der Waals surface area contributed by atoms with Crippen molar-refractivity contribution in [3.8, 4) is 0 Å². The molecule has 1 aromatic carbocycles. The van der Waals surface area contributed by atoms with E-state index in [0.717, 1.165) is 5.75 Å². The Hall–Kier alpha value is -1.53. The number of rotatable bonds is 2. The van der Waals surface area contributed by atoms with Crippen molar-refractivity contribution in [3.05, 3.63) is 35.4 Å². The summed E-state index contributed by atoms with van der Waals surface area (Å²) in [6, 6.07) is 7.05. The number of benzene rings is 1. The summed E-state index contributed by atoms with van der Waals surface area (Å²) >= 11 is 1.59. The quantitative estimate of drug-likeness (QED) is 0.843. The molecule has 5 nitrogen and oxygen atoms in total. The zero-order chi connectivity index (χ0) is 14.8. The number of carbonyl (C=O) groups is 2. The van der Waals surface area contributed by atoms with Crippen LogP contribution >= 0.6 is 11.8 Å². The predicted molar refractivity (Wildman–Crippen MR) is 81.2 cm³/mol. The Balaban J connectivity index is 1.75. The van der Waals surface area contributed by atoms with Gasteiger partial charge in [0.2, 0.25) is 5.91 Å². The molecule has 0 bridgehead atoms. The lowest BCUT2D eigenvalue weighted by atomic mass is 9.95. The number of hydrogen-bond acceptors (Lipinski definition) is 4. The van der Waals surface area contributed by atoms with Crippen molar-refractivity contribution >= 4 is 23.6 Å². The largest absolute Gasteiger partial charge is 0.480 e. The summed E-state index contributed by atoms with van der Waals surface area (Å²) < 4.78 is 0. The van der Waals surface area contributed by atoms with Gasteiger partial charge < -0.3 is 15.3 Å². The smallest absolute Gasteiger partial charge is 0.327 e. The van der Waals surface area contributed by atoms with Gasteiger partial charge >= 0.3 is 5.97 Å². The van der Waals surface area contributed by atoms with Crippen LogP contribution in [0.25, 0.3) is 0 Å². The van der Waals surface area contributed by atoms with Gasteiger partial charge in [0.25, 0.3) is 0 Å². The zero-order valence-electron chi connectivity index (χ0n) is 11.6. The standard InChI is InChI=1S/C15H18N2O3S/c18-14(17-5-6-21-9-13(17)15(19)20)12-7-10-3-1-2-4-11(10)8-16-12/h1-4,12-13,16H,5-9H2,(H,19,20)/t12-,13?/m1/s1. The lowest BCUT2D eigenvalue weighted by Gasteiger charge is -2.36. The van der Waals surface area contributed by atoms with Gasteiger partial charge in [-0.1, -0.05) is 24.3 Å². The van der Waals surface area contributed by atoms with Crippen molar-refractivity contribution < 1.29 is 14.7 Å². The number of amides is 1. The highest BCUT2D eigenvalue weighted by Crippen LogP contribution is 2.21. The number of nitrogens with zero attached hydrogens (tertiary/aromatic N) is 1. The lowest BCUT2D eigenvalue weighted by molar-refractivity contribution is -0.150. The molecule has 3 rings (SSSR count). The van der Waals surface area contributed by atoms with Crippen LogP contribution in [0.4, 0.5) is 0 Å². The number of thioether (sulfide) groups is 1. The van der Waals surface area contributed by atoms with Crippen LogP contribution in [0.15, 0.2) is 24.3 Å². The summed E-state index contributed by atoms with van der Waals surface area (Å²) in [5, 5.41) is 12.5. The minimum atomic E-state index is -0.910. The van der Waals surface area contributed by atoms with Crippen molar-refractivity contribution in [2.45, 2.75) is 25.0 Å². The molecule has 0 saturated carbocycles. The normalized spacial score (nSPS) is 25.2. The Labute approximate surface area is 127 Å². The first-order valence-corrected chi connectivity index (χ1v) is 8.23. The summed E-state index contributed by atoms with van der Waals surface area (Å²) in [6.45, 7) is 1.17. The van der Waals surface area contributed by atoms with Gasteiger partial charge in [-0.05, 0) is 17.5 Å². The fourth-order valence-corrected chi connectivity index (χ4v) is 3.94. The number of nitrogens with one attached hydrogen (secondary N) is 1. The summed E-state index contributed by atoms with van der Waals surface area (Å²) in [7, 11) is 0. The van der Waals surface area contributed by atoms with E-state index in [1.807, 2.05) is 18.2 Å². The second-order valence-electron chi connectivity index (χ2n) is 5.37. The van der Waals surface area contributed by atoms with Crippen LogP contribution < -0.4 is 5.32 Å². The molecule has 1 saturated heterocycles. The van der Waals surface area contributed by atoms with Gasteiger partial charge in [0.15, 0.2) is 0 Å². The van der Waals surface area contributed by atoms with Crippen molar-refractivity contribution in [3.63, 3.8) is 0 Å². The molecular formula is C15H18N2O3S. The molecule has 0 radical (unpaired) electrons. The predicted octanol–water partition coefficient (Wildman–Crippen LogP) is 0.729. The minimum absolute atomic E-state index is 0.0859. The summed E-state index contributed by atoms with van der Waals surface area (Å²) in [4.78, 5) is 25.5. The molecule has 2 heterocycles. The fraction of sp³-hybridized carbons (Fsp3) is 0.467. The highest BCUT2D eigenvalue weighted by Gasteiger charge is 2.36. The molecule has 0 spiro atoms. The Morgan fingerprint density at radius 3 is 2.81 bits per heavy atom. The SMILES string of the molecule is O=C(O)C1CSCCN1C(=O)[C@H]1Cc2ccccc2CN1. The van der Waals surface area contributed by atoms with E-state index in [4.69, 9.17) is 0 Å². The van der Waals surface area contributed by atoms with E-state index >= 15 is 0 Å². The van der Waals surface area contributed by atoms with Crippen LogP contribution in [-0.4, -0.2) is 52.0 Å². The highest BCUT2D eigenvalue weighted by molar-refractivity contribution is 7.99. The number of aliphatic carboxylic acids is 1. The number of carboxylic acid groups (broad SMARTS) is 1.